The molecule has 5 heteroatoms. The third-order valence-corrected chi connectivity index (χ3v) is 3.99. The van der Waals surface area contributed by atoms with E-state index in [9.17, 15) is 19.0 Å². The maximum atomic E-state index is 13.7. The molecule has 0 aliphatic heterocycles. The Kier molecular flexibility index (Phi) is 5.25. The topological polar surface area (TPSA) is 40.5 Å². The van der Waals surface area contributed by atoms with Gasteiger partial charge < -0.3 is 10.2 Å². The lowest BCUT2D eigenvalue weighted by Gasteiger charge is -2.31. The number of hydrogen-bond acceptors (Lipinski definition) is 2. The van der Waals surface area contributed by atoms with Crippen molar-refractivity contribution in [2.75, 3.05) is 0 Å². The van der Waals surface area contributed by atoms with Crippen molar-refractivity contribution in [1.29, 1.82) is 0 Å². The predicted molar refractivity (Wildman–Crippen MR) is 69.3 cm³/mol. The molecule has 0 saturated carbocycles. The van der Waals surface area contributed by atoms with Gasteiger partial charge >= 0.3 is 0 Å². The minimum Gasteiger partial charge on any atom is -0.390 e. The van der Waals surface area contributed by atoms with E-state index >= 15 is 0 Å². The summed E-state index contributed by atoms with van der Waals surface area (Å²) in [6, 6.07) is 2.40. The maximum absolute atomic E-state index is 13.7. The highest BCUT2D eigenvalue weighted by atomic mass is 79.9. The van der Waals surface area contributed by atoms with E-state index < -0.39 is 23.3 Å². The molecule has 2 nitrogen and oxygen atoms in total. The first-order valence-electron chi connectivity index (χ1n) is 5.88. The average molecular weight is 323 g/mol. The molecule has 0 heterocycles. The van der Waals surface area contributed by atoms with Crippen molar-refractivity contribution in [2.45, 2.75) is 44.8 Å². The number of halogens is 3. The van der Waals surface area contributed by atoms with Crippen molar-refractivity contribution in [3.05, 3.63) is 33.8 Å². The quantitative estimate of drug-likeness (QED) is 0.817. The van der Waals surface area contributed by atoms with E-state index in [0.29, 0.717) is 12.8 Å². The lowest BCUT2D eigenvalue weighted by atomic mass is 9.87. The molecular formula is C13H17BrF2O2. The molecule has 0 amide bonds. The number of benzene rings is 1. The number of hydrogen-bond donors (Lipinski definition) is 2. The van der Waals surface area contributed by atoms with Gasteiger partial charge in [-0.25, -0.2) is 8.78 Å². The molecule has 1 unspecified atom stereocenters. The Bertz CT molecular complexity index is 420. The molecule has 0 saturated heterocycles. The van der Waals surface area contributed by atoms with Crippen LogP contribution >= 0.6 is 15.9 Å². The minimum absolute atomic E-state index is 0.141. The fourth-order valence-corrected chi connectivity index (χ4v) is 2.23. The van der Waals surface area contributed by atoms with Crippen molar-refractivity contribution in [2.24, 2.45) is 0 Å². The molecule has 0 aliphatic carbocycles. The summed E-state index contributed by atoms with van der Waals surface area (Å²) in [6.45, 7) is 3.45. The van der Waals surface area contributed by atoms with Crippen molar-refractivity contribution in [3.8, 4) is 0 Å². The van der Waals surface area contributed by atoms with Crippen LogP contribution in [0.5, 0.6) is 0 Å². The van der Waals surface area contributed by atoms with Gasteiger partial charge in [-0.2, -0.15) is 0 Å². The first-order chi connectivity index (χ1) is 8.35. The Morgan fingerprint density at radius 2 is 1.83 bits per heavy atom. The van der Waals surface area contributed by atoms with E-state index in [1.807, 2.05) is 0 Å². The molecule has 0 bridgehead atoms. The summed E-state index contributed by atoms with van der Waals surface area (Å²) < 4.78 is 27.4. The third kappa shape index (κ3) is 3.08. The van der Waals surface area contributed by atoms with Crippen LogP contribution < -0.4 is 0 Å². The minimum atomic E-state index is -1.32. The van der Waals surface area contributed by atoms with Gasteiger partial charge in [0.15, 0.2) is 0 Å². The van der Waals surface area contributed by atoms with Gasteiger partial charge in [0, 0.05) is 12.0 Å². The van der Waals surface area contributed by atoms with Crippen molar-refractivity contribution >= 4 is 15.9 Å². The first kappa shape index (κ1) is 15.5. The van der Waals surface area contributed by atoms with E-state index in [0.717, 1.165) is 6.07 Å². The fourth-order valence-electron chi connectivity index (χ4n) is 1.86. The Balaban J connectivity index is 3.01. The standard InChI is InChI=1S/C13H17BrF2O2/c1-3-13(18,4-2)11(17)7-8-10(15)6-5-9(14)12(8)16/h5-6,11,17-18H,3-4,7H2,1-2H3. The van der Waals surface area contributed by atoms with Gasteiger partial charge in [0.2, 0.25) is 0 Å². The zero-order chi connectivity index (χ0) is 13.9. The second-order valence-corrected chi connectivity index (χ2v) is 5.21. The summed E-state index contributed by atoms with van der Waals surface area (Å²) in [5.41, 5.74) is -1.53. The van der Waals surface area contributed by atoms with Crippen LogP contribution in [-0.4, -0.2) is 21.9 Å². The van der Waals surface area contributed by atoms with Crippen LogP contribution in [-0.2, 0) is 6.42 Å². The van der Waals surface area contributed by atoms with E-state index in [1.54, 1.807) is 13.8 Å². The molecule has 18 heavy (non-hydrogen) atoms. The Hall–Kier alpha value is -0.520. The largest absolute Gasteiger partial charge is 0.390 e. The second kappa shape index (κ2) is 6.08. The lowest BCUT2D eigenvalue weighted by Crippen LogP contribution is -2.42. The normalized spacial score (nSPS) is 13.7. The van der Waals surface area contributed by atoms with Crippen LogP contribution in [0.2, 0.25) is 0 Å². The van der Waals surface area contributed by atoms with Crippen LogP contribution in [0.15, 0.2) is 16.6 Å². The molecule has 1 aromatic carbocycles. The third-order valence-electron chi connectivity index (χ3n) is 3.38. The Morgan fingerprint density at radius 1 is 1.28 bits per heavy atom. The van der Waals surface area contributed by atoms with Gasteiger partial charge in [-0.3, -0.25) is 0 Å². The molecule has 0 fully saturated rings. The van der Waals surface area contributed by atoms with Crippen LogP contribution in [0, 0.1) is 11.6 Å². The van der Waals surface area contributed by atoms with Gasteiger partial charge in [-0.05, 0) is 40.9 Å². The van der Waals surface area contributed by atoms with Gasteiger partial charge in [0.05, 0.1) is 16.2 Å². The highest BCUT2D eigenvalue weighted by molar-refractivity contribution is 9.10. The molecule has 2 N–H and O–H groups in total. The SMILES string of the molecule is CCC(O)(CC)C(O)Cc1c(F)ccc(Br)c1F. The summed E-state index contributed by atoms with van der Waals surface area (Å²) in [7, 11) is 0. The number of aliphatic hydroxyl groups excluding tert-OH is 1. The molecule has 1 atom stereocenters. The van der Waals surface area contributed by atoms with Crippen molar-refractivity contribution < 1.29 is 19.0 Å². The van der Waals surface area contributed by atoms with E-state index in [4.69, 9.17) is 0 Å². The molecular weight excluding hydrogens is 306 g/mol. The van der Waals surface area contributed by atoms with E-state index in [1.165, 1.54) is 6.07 Å². The first-order valence-corrected chi connectivity index (χ1v) is 6.67. The highest BCUT2D eigenvalue weighted by Crippen LogP contribution is 2.27. The van der Waals surface area contributed by atoms with Gasteiger partial charge in [0.25, 0.3) is 0 Å². The summed E-state index contributed by atoms with van der Waals surface area (Å²) >= 11 is 2.97. The van der Waals surface area contributed by atoms with E-state index in [-0.39, 0.29) is 16.5 Å². The van der Waals surface area contributed by atoms with Crippen LogP contribution in [0.3, 0.4) is 0 Å². The van der Waals surface area contributed by atoms with Crippen molar-refractivity contribution in [1.82, 2.24) is 0 Å². The summed E-state index contributed by atoms with van der Waals surface area (Å²) in [5, 5.41) is 20.1. The molecule has 0 aromatic heterocycles. The van der Waals surface area contributed by atoms with E-state index in [2.05, 4.69) is 15.9 Å². The lowest BCUT2D eigenvalue weighted by molar-refractivity contribution is -0.0795. The molecule has 102 valence electrons. The number of aliphatic hydroxyl groups is 2. The Morgan fingerprint density at radius 3 is 2.33 bits per heavy atom. The fraction of sp³-hybridized carbons (Fsp3) is 0.538. The smallest absolute Gasteiger partial charge is 0.143 e. The predicted octanol–water partition coefficient (Wildman–Crippen LogP) is 3.18. The monoisotopic (exact) mass is 322 g/mol. The molecule has 0 aliphatic rings. The second-order valence-electron chi connectivity index (χ2n) is 4.35. The summed E-state index contributed by atoms with van der Waals surface area (Å²) in [4.78, 5) is 0. The van der Waals surface area contributed by atoms with Gasteiger partial charge in [-0.15, -0.1) is 0 Å². The van der Waals surface area contributed by atoms with Crippen LogP contribution in [0.1, 0.15) is 32.3 Å². The van der Waals surface area contributed by atoms with Crippen LogP contribution in [0.25, 0.3) is 0 Å². The van der Waals surface area contributed by atoms with Crippen molar-refractivity contribution in [3.63, 3.8) is 0 Å². The maximum Gasteiger partial charge on any atom is 0.143 e. The van der Waals surface area contributed by atoms with Gasteiger partial charge in [0.1, 0.15) is 11.6 Å². The molecule has 1 rings (SSSR count). The zero-order valence-electron chi connectivity index (χ0n) is 10.4. The summed E-state index contributed by atoms with van der Waals surface area (Å²) in [5.74, 6) is -1.45. The summed E-state index contributed by atoms with van der Waals surface area (Å²) in [6.07, 6.45) is -0.815. The molecule has 1 aromatic rings. The zero-order valence-corrected chi connectivity index (χ0v) is 12.0. The molecule has 0 spiro atoms. The Labute approximate surface area is 114 Å². The average Bonchev–Trinajstić information content (AvgIpc) is 2.37. The van der Waals surface area contributed by atoms with Crippen LogP contribution in [0.4, 0.5) is 8.78 Å². The number of rotatable bonds is 5. The highest BCUT2D eigenvalue weighted by Gasteiger charge is 2.33. The molecule has 0 radical (unpaired) electrons. The van der Waals surface area contributed by atoms with Gasteiger partial charge in [-0.1, -0.05) is 13.8 Å².